The molecule has 1 rings (SSSR count). The highest BCUT2D eigenvalue weighted by Gasteiger charge is 2.44. The number of carbonyl (C=O) groups is 2. The third-order valence-corrected chi connectivity index (χ3v) is 1.61. The van der Waals surface area contributed by atoms with Crippen molar-refractivity contribution in [3.63, 3.8) is 0 Å². The number of ether oxygens (including phenoxy) is 2. The molecule has 0 aromatic rings. The molecular weight excluding hydrogens is 176 g/mol. The maximum atomic E-state index is 11.2. The standard InChI is InChI=1S/C8H10O5/c1-3-12-7(11)8(2)4-5(9)6(10)13-8/h4,9H,3H2,1-2H3/t8-/m0/s1. The molecule has 0 amide bonds. The molecule has 0 spiro atoms. The Morgan fingerprint density at radius 3 is 2.77 bits per heavy atom. The molecule has 0 bridgehead atoms. The highest BCUT2D eigenvalue weighted by molar-refractivity contribution is 5.96. The van der Waals surface area contributed by atoms with E-state index in [0.29, 0.717) is 0 Å². The molecule has 0 aliphatic carbocycles. The topological polar surface area (TPSA) is 72.8 Å². The number of rotatable bonds is 2. The molecule has 5 nitrogen and oxygen atoms in total. The third kappa shape index (κ3) is 1.63. The van der Waals surface area contributed by atoms with Crippen LogP contribution in [0.3, 0.4) is 0 Å². The van der Waals surface area contributed by atoms with Gasteiger partial charge in [-0.2, -0.15) is 0 Å². The molecule has 0 fully saturated rings. The van der Waals surface area contributed by atoms with Gasteiger partial charge in [-0.15, -0.1) is 0 Å². The lowest BCUT2D eigenvalue weighted by Gasteiger charge is -2.17. The summed E-state index contributed by atoms with van der Waals surface area (Å²) in [5.41, 5.74) is -1.48. The van der Waals surface area contributed by atoms with Gasteiger partial charge in [0.1, 0.15) is 0 Å². The first-order valence-electron chi connectivity index (χ1n) is 3.82. The summed E-state index contributed by atoms with van der Waals surface area (Å²) >= 11 is 0. The molecule has 0 radical (unpaired) electrons. The molecule has 0 unspecified atom stereocenters. The molecule has 72 valence electrons. The van der Waals surface area contributed by atoms with Gasteiger partial charge in [0.05, 0.1) is 6.61 Å². The molecule has 1 aliphatic rings. The van der Waals surface area contributed by atoms with Crippen molar-refractivity contribution in [1.29, 1.82) is 0 Å². The molecule has 1 aliphatic heterocycles. The fourth-order valence-electron chi connectivity index (χ4n) is 0.969. The van der Waals surface area contributed by atoms with Crippen molar-refractivity contribution in [2.75, 3.05) is 6.61 Å². The van der Waals surface area contributed by atoms with E-state index in [9.17, 15) is 9.59 Å². The maximum Gasteiger partial charge on any atom is 0.374 e. The Hall–Kier alpha value is -1.52. The first-order valence-corrected chi connectivity index (χ1v) is 3.82. The van der Waals surface area contributed by atoms with Crippen LogP contribution in [0.4, 0.5) is 0 Å². The van der Waals surface area contributed by atoms with Gasteiger partial charge in [0.25, 0.3) is 0 Å². The molecule has 1 atom stereocenters. The van der Waals surface area contributed by atoms with Gasteiger partial charge in [-0.05, 0) is 13.8 Å². The number of cyclic esters (lactones) is 1. The first kappa shape index (κ1) is 9.57. The van der Waals surface area contributed by atoms with Crippen LogP contribution in [-0.2, 0) is 19.1 Å². The Morgan fingerprint density at radius 2 is 2.38 bits per heavy atom. The summed E-state index contributed by atoms with van der Waals surface area (Å²) in [7, 11) is 0. The first-order chi connectivity index (χ1) is 5.99. The van der Waals surface area contributed by atoms with Crippen molar-refractivity contribution in [3.05, 3.63) is 11.8 Å². The zero-order valence-electron chi connectivity index (χ0n) is 7.36. The van der Waals surface area contributed by atoms with Crippen molar-refractivity contribution in [3.8, 4) is 0 Å². The average molecular weight is 186 g/mol. The summed E-state index contributed by atoms with van der Waals surface area (Å²) in [6, 6.07) is 0. The van der Waals surface area contributed by atoms with E-state index in [1.807, 2.05) is 0 Å². The summed E-state index contributed by atoms with van der Waals surface area (Å²) in [6.45, 7) is 3.19. The second-order valence-corrected chi connectivity index (χ2v) is 2.75. The van der Waals surface area contributed by atoms with E-state index in [-0.39, 0.29) is 6.61 Å². The van der Waals surface area contributed by atoms with Crippen LogP contribution in [0.2, 0.25) is 0 Å². The lowest BCUT2D eigenvalue weighted by atomic mass is 10.1. The number of aliphatic hydroxyl groups excluding tert-OH is 1. The highest BCUT2D eigenvalue weighted by Crippen LogP contribution is 2.24. The minimum Gasteiger partial charge on any atom is -0.502 e. The van der Waals surface area contributed by atoms with Crippen LogP contribution < -0.4 is 0 Å². The second kappa shape index (κ2) is 3.08. The number of carbonyl (C=O) groups excluding carboxylic acids is 2. The summed E-state index contributed by atoms with van der Waals surface area (Å²) < 4.78 is 9.27. The SMILES string of the molecule is CCOC(=O)[C@]1(C)C=C(O)C(=O)O1. The molecular formula is C8H10O5. The van der Waals surface area contributed by atoms with Crippen molar-refractivity contribution < 1.29 is 24.2 Å². The highest BCUT2D eigenvalue weighted by atomic mass is 16.6. The number of hydrogen-bond donors (Lipinski definition) is 1. The molecule has 0 saturated heterocycles. The minimum atomic E-state index is -1.48. The lowest BCUT2D eigenvalue weighted by molar-refractivity contribution is -0.170. The Balaban J connectivity index is 2.80. The molecule has 13 heavy (non-hydrogen) atoms. The monoisotopic (exact) mass is 186 g/mol. The predicted octanol–water partition coefficient (Wildman–Crippen LogP) is 0.307. The van der Waals surface area contributed by atoms with E-state index in [0.717, 1.165) is 6.08 Å². The van der Waals surface area contributed by atoms with Crippen LogP contribution in [0, 0.1) is 0 Å². The quantitative estimate of drug-likeness (QED) is 0.628. The largest absolute Gasteiger partial charge is 0.502 e. The number of esters is 2. The molecule has 1 heterocycles. The van der Waals surface area contributed by atoms with Gasteiger partial charge in [0.2, 0.25) is 11.4 Å². The van der Waals surface area contributed by atoms with Crippen molar-refractivity contribution in [2.24, 2.45) is 0 Å². The van der Waals surface area contributed by atoms with Crippen LogP contribution in [0.25, 0.3) is 0 Å². The zero-order valence-corrected chi connectivity index (χ0v) is 7.36. The van der Waals surface area contributed by atoms with E-state index in [2.05, 4.69) is 9.47 Å². The second-order valence-electron chi connectivity index (χ2n) is 2.75. The van der Waals surface area contributed by atoms with Crippen LogP contribution >= 0.6 is 0 Å². The van der Waals surface area contributed by atoms with E-state index in [1.54, 1.807) is 6.92 Å². The summed E-state index contributed by atoms with van der Waals surface area (Å²) in [6.07, 6.45) is 1.04. The van der Waals surface area contributed by atoms with E-state index in [4.69, 9.17) is 5.11 Å². The van der Waals surface area contributed by atoms with Gasteiger partial charge in [-0.3, -0.25) is 0 Å². The van der Waals surface area contributed by atoms with E-state index >= 15 is 0 Å². The van der Waals surface area contributed by atoms with Gasteiger partial charge in [0, 0.05) is 6.08 Å². The summed E-state index contributed by atoms with van der Waals surface area (Å²) in [4.78, 5) is 22.0. The lowest BCUT2D eigenvalue weighted by Crippen LogP contribution is -2.36. The Kier molecular flexibility index (Phi) is 2.27. The van der Waals surface area contributed by atoms with Crippen molar-refractivity contribution in [1.82, 2.24) is 0 Å². The Bertz CT molecular complexity index is 280. The Labute approximate surface area is 74.9 Å². The van der Waals surface area contributed by atoms with Crippen LogP contribution in [0.5, 0.6) is 0 Å². The molecule has 0 aromatic heterocycles. The third-order valence-electron chi connectivity index (χ3n) is 1.61. The van der Waals surface area contributed by atoms with E-state index < -0.39 is 23.3 Å². The molecule has 0 saturated carbocycles. The normalized spacial score (nSPS) is 26.6. The van der Waals surface area contributed by atoms with Gasteiger partial charge in [-0.25, -0.2) is 9.59 Å². The summed E-state index contributed by atoms with van der Waals surface area (Å²) in [5.74, 6) is -2.15. The van der Waals surface area contributed by atoms with Crippen LogP contribution in [0.15, 0.2) is 11.8 Å². The maximum absolute atomic E-state index is 11.2. The van der Waals surface area contributed by atoms with Gasteiger partial charge >= 0.3 is 11.9 Å². The van der Waals surface area contributed by atoms with Gasteiger partial charge in [-0.1, -0.05) is 0 Å². The molecule has 5 heteroatoms. The average Bonchev–Trinajstić information content (AvgIpc) is 2.28. The Morgan fingerprint density at radius 1 is 1.77 bits per heavy atom. The molecule has 1 N–H and O–H groups in total. The smallest absolute Gasteiger partial charge is 0.374 e. The van der Waals surface area contributed by atoms with Crippen LogP contribution in [-0.4, -0.2) is 29.3 Å². The molecule has 0 aromatic carbocycles. The van der Waals surface area contributed by atoms with Crippen molar-refractivity contribution in [2.45, 2.75) is 19.4 Å². The number of hydrogen-bond acceptors (Lipinski definition) is 5. The van der Waals surface area contributed by atoms with Gasteiger partial charge in [0.15, 0.2) is 0 Å². The van der Waals surface area contributed by atoms with Gasteiger partial charge < -0.3 is 14.6 Å². The number of aliphatic hydroxyl groups is 1. The van der Waals surface area contributed by atoms with E-state index in [1.165, 1.54) is 6.92 Å². The van der Waals surface area contributed by atoms with Crippen LogP contribution in [0.1, 0.15) is 13.8 Å². The van der Waals surface area contributed by atoms with Crippen molar-refractivity contribution >= 4 is 11.9 Å². The fourth-order valence-corrected chi connectivity index (χ4v) is 0.969. The zero-order chi connectivity index (χ0) is 10.1. The fraction of sp³-hybridized carbons (Fsp3) is 0.500. The summed E-state index contributed by atoms with van der Waals surface area (Å²) in [5, 5.41) is 8.93. The predicted molar refractivity (Wildman–Crippen MR) is 41.8 cm³/mol. The minimum absolute atomic E-state index is 0.195.